The van der Waals surface area contributed by atoms with Gasteiger partial charge in [-0.2, -0.15) is 0 Å². The number of fused-ring (bicyclic) bond motifs is 1. The maximum atomic E-state index is 12.4. The number of rotatable bonds is 3. The van der Waals surface area contributed by atoms with Crippen molar-refractivity contribution in [3.05, 3.63) is 53.1 Å². The number of amides is 1. The molecule has 0 aliphatic carbocycles. The molecule has 0 fully saturated rings. The minimum Gasteiger partial charge on any atom is -0.298 e. The van der Waals surface area contributed by atoms with Crippen molar-refractivity contribution in [1.82, 2.24) is 4.98 Å². The predicted octanol–water partition coefficient (Wildman–Crippen LogP) is 2.81. The maximum absolute atomic E-state index is 12.4. The molecule has 0 saturated heterocycles. The van der Waals surface area contributed by atoms with Gasteiger partial charge >= 0.3 is 0 Å². The maximum Gasteiger partial charge on any atom is 0.257 e. The highest BCUT2D eigenvalue weighted by molar-refractivity contribution is 7.89. The van der Waals surface area contributed by atoms with Gasteiger partial charge in [-0.05, 0) is 43.7 Å². The van der Waals surface area contributed by atoms with Crippen molar-refractivity contribution in [3.8, 4) is 0 Å². The number of aromatic nitrogens is 1. The molecule has 0 saturated carbocycles. The molecule has 3 aromatic rings. The van der Waals surface area contributed by atoms with E-state index in [1.807, 2.05) is 32.0 Å². The molecule has 1 amide bonds. The lowest BCUT2D eigenvalue weighted by Crippen LogP contribution is -2.13. The molecule has 0 bridgehead atoms. The number of sulfonamides is 1. The molecule has 0 aliphatic rings. The largest absolute Gasteiger partial charge is 0.298 e. The van der Waals surface area contributed by atoms with E-state index in [0.717, 1.165) is 11.1 Å². The fourth-order valence-electron chi connectivity index (χ4n) is 2.28. The van der Waals surface area contributed by atoms with Gasteiger partial charge in [-0.15, -0.1) is 0 Å². The van der Waals surface area contributed by atoms with Crippen LogP contribution in [0.15, 0.2) is 41.3 Å². The second-order valence-corrected chi connectivity index (χ2v) is 8.06. The third kappa shape index (κ3) is 3.30. The summed E-state index contributed by atoms with van der Waals surface area (Å²) < 4.78 is 23.5. The van der Waals surface area contributed by atoms with E-state index in [2.05, 4.69) is 10.3 Å². The molecule has 0 radical (unpaired) electrons. The molecule has 0 atom stereocenters. The van der Waals surface area contributed by atoms with E-state index in [1.165, 1.54) is 23.5 Å². The predicted molar refractivity (Wildman–Crippen MR) is 94.9 cm³/mol. The van der Waals surface area contributed by atoms with Crippen LogP contribution in [-0.2, 0) is 10.0 Å². The van der Waals surface area contributed by atoms with E-state index in [4.69, 9.17) is 5.14 Å². The summed E-state index contributed by atoms with van der Waals surface area (Å²) in [5.41, 5.74) is 3.05. The Morgan fingerprint density at radius 1 is 1.17 bits per heavy atom. The zero-order valence-corrected chi connectivity index (χ0v) is 14.7. The highest BCUT2D eigenvalue weighted by atomic mass is 32.2. The van der Waals surface area contributed by atoms with Crippen LogP contribution in [0.3, 0.4) is 0 Å². The molecule has 1 aromatic heterocycles. The Kier molecular flexibility index (Phi) is 4.12. The Labute approximate surface area is 143 Å². The lowest BCUT2D eigenvalue weighted by molar-refractivity contribution is 0.102. The summed E-state index contributed by atoms with van der Waals surface area (Å²) in [7, 11) is -3.77. The normalized spacial score (nSPS) is 11.6. The highest BCUT2D eigenvalue weighted by Crippen LogP contribution is 2.28. The third-order valence-electron chi connectivity index (χ3n) is 3.55. The van der Waals surface area contributed by atoms with E-state index < -0.39 is 10.0 Å². The fraction of sp³-hybridized carbons (Fsp3) is 0.125. The first-order valence-corrected chi connectivity index (χ1v) is 9.42. The van der Waals surface area contributed by atoms with Gasteiger partial charge in [0.25, 0.3) is 5.91 Å². The summed E-state index contributed by atoms with van der Waals surface area (Å²) in [6, 6.07) is 10.1. The molecule has 124 valence electrons. The van der Waals surface area contributed by atoms with E-state index in [1.54, 1.807) is 6.07 Å². The van der Waals surface area contributed by atoms with Crippen LogP contribution in [0.4, 0.5) is 5.13 Å². The number of carbonyl (C=O) groups excluding carboxylic acids is 1. The summed E-state index contributed by atoms with van der Waals surface area (Å²) in [6.07, 6.45) is 0. The van der Waals surface area contributed by atoms with Gasteiger partial charge in [-0.1, -0.05) is 29.0 Å². The van der Waals surface area contributed by atoms with Gasteiger partial charge in [0, 0.05) is 5.56 Å². The Balaban J connectivity index is 1.93. The lowest BCUT2D eigenvalue weighted by Gasteiger charge is -2.06. The first kappa shape index (κ1) is 16.6. The minimum atomic E-state index is -3.77. The van der Waals surface area contributed by atoms with Gasteiger partial charge in [0.05, 0.1) is 15.1 Å². The number of primary sulfonamides is 1. The third-order valence-corrected chi connectivity index (χ3v) is 5.39. The molecule has 2 aromatic carbocycles. The quantitative estimate of drug-likeness (QED) is 0.749. The molecule has 0 spiro atoms. The number of benzene rings is 2. The smallest absolute Gasteiger partial charge is 0.257 e. The van der Waals surface area contributed by atoms with Crippen molar-refractivity contribution in [3.63, 3.8) is 0 Å². The van der Waals surface area contributed by atoms with Crippen LogP contribution in [0.1, 0.15) is 21.5 Å². The van der Waals surface area contributed by atoms with Gasteiger partial charge in [0.1, 0.15) is 0 Å². The molecule has 3 rings (SSSR count). The number of nitrogens with one attached hydrogen (secondary N) is 1. The molecular formula is C16H15N3O3S2. The van der Waals surface area contributed by atoms with Crippen molar-refractivity contribution in [2.45, 2.75) is 18.7 Å². The van der Waals surface area contributed by atoms with E-state index >= 15 is 0 Å². The molecule has 0 unspecified atom stereocenters. The number of thiazole rings is 1. The van der Waals surface area contributed by atoms with Crippen LogP contribution in [0, 0.1) is 13.8 Å². The van der Waals surface area contributed by atoms with Crippen molar-refractivity contribution in [1.29, 1.82) is 0 Å². The summed E-state index contributed by atoms with van der Waals surface area (Å²) in [5.74, 6) is -0.248. The fourth-order valence-corrected chi connectivity index (χ4v) is 3.79. The minimum absolute atomic E-state index is 0.0195. The van der Waals surface area contributed by atoms with Crippen molar-refractivity contribution >= 4 is 42.6 Å². The van der Waals surface area contributed by atoms with E-state index in [0.29, 0.717) is 20.9 Å². The van der Waals surface area contributed by atoms with Crippen LogP contribution in [0.25, 0.3) is 10.2 Å². The number of nitrogens with zero attached hydrogens (tertiary/aromatic N) is 1. The number of hydrogen-bond donors (Lipinski definition) is 2. The van der Waals surface area contributed by atoms with Crippen molar-refractivity contribution < 1.29 is 13.2 Å². The highest BCUT2D eigenvalue weighted by Gasteiger charge is 2.14. The van der Waals surface area contributed by atoms with Crippen molar-refractivity contribution in [2.75, 3.05) is 5.32 Å². The monoisotopic (exact) mass is 361 g/mol. The van der Waals surface area contributed by atoms with Crippen LogP contribution in [0.5, 0.6) is 0 Å². The zero-order chi connectivity index (χ0) is 17.5. The SMILES string of the molecule is Cc1ccc(C)c(C(=O)Nc2nc3ccc(S(N)(=O)=O)cc3s2)c1. The van der Waals surface area contributed by atoms with Gasteiger partial charge in [-0.3, -0.25) is 10.1 Å². The van der Waals surface area contributed by atoms with Crippen molar-refractivity contribution in [2.24, 2.45) is 5.14 Å². The van der Waals surface area contributed by atoms with Crippen LogP contribution in [0.2, 0.25) is 0 Å². The van der Waals surface area contributed by atoms with Gasteiger partial charge in [-0.25, -0.2) is 18.5 Å². The number of nitrogens with two attached hydrogens (primary N) is 1. The summed E-state index contributed by atoms with van der Waals surface area (Å²) >= 11 is 1.20. The molecule has 8 heteroatoms. The van der Waals surface area contributed by atoms with Crippen LogP contribution in [-0.4, -0.2) is 19.3 Å². The van der Waals surface area contributed by atoms with E-state index in [-0.39, 0.29) is 10.8 Å². The summed E-state index contributed by atoms with van der Waals surface area (Å²) in [5, 5.41) is 8.30. The number of hydrogen-bond acceptors (Lipinski definition) is 5. The number of aryl methyl sites for hydroxylation is 2. The molecule has 0 aliphatic heterocycles. The standard InChI is InChI=1S/C16H15N3O3S2/c1-9-3-4-10(2)12(7-9)15(20)19-16-18-13-6-5-11(24(17,21)22)8-14(13)23-16/h3-8H,1-2H3,(H2,17,21,22)(H,18,19,20). The first-order valence-electron chi connectivity index (χ1n) is 7.06. The average molecular weight is 361 g/mol. The Bertz CT molecular complexity index is 1060. The van der Waals surface area contributed by atoms with E-state index in [9.17, 15) is 13.2 Å². The van der Waals surface area contributed by atoms with Crippen LogP contribution < -0.4 is 10.5 Å². The number of carbonyl (C=O) groups is 1. The topological polar surface area (TPSA) is 102 Å². The van der Waals surface area contributed by atoms with Gasteiger partial charge < -0.3 is 0 Å². The lowest BCUT2D eigenvalue weighted by atomic mass is 10.1. The molecule has 1 heterocycles. The molecular weight excluding hydrogens is 346 g/mol. The zero-order valence-electron chi connectivity index (χ0n) is 13.0. The number of anilines is 1. The Morgan fingerprint density at radius 3 is 2.62 bits per heavy atom. The van der Waals surface area contributed by atoms with Gasteiger partial charge in [0.15, 0.2) is 5.13 Å². The summed E-state index contributed by atoms with van der Waals surface area (Å²) in [6.45, 7) is 3.79. The molecule has 24 heavy (non-hydrogen) atoms. The second kappa shape index (κ2) is 5.97. The van der Waals surface area contributed by atoms with Gasteiger partial charge in [0.2, 0.25) is 10.0 Å². The van der Waals surface area contributed by atoms with Crippen LogP contribution >= 0.6 is 11.3 Å². The molecule has 6 nitrogen and oxygen atoms in total. The Morgan fingerprint density at radius 2 is 1.92 bits per heavy atom. The average Bonchev–Trinajstić information content (AvgIpc) is 2.89. The Hall–Kier alpha value is -2.29. The first-order chi connectivity index (χ1) is 11.2. The molecule has 3 N–H and O–H groups in total. The summed E-state index contributed by atoms with van der Waals surface area (Å²) in [4.78, 5) is 16.8. The second-order valence-electron chi connectivity index (χ2n) is 5.47.